The third-order valence-corrected chi connectivity index (χ3v) is 5.31. The molecule has 2 heterocycles. The second-order valence-electron chi connectivity index (χ2n) is 7.23. The summed E-state index contributed by atoms with van der Waals surface area (Å²) in [6.45, 7) is 3.48. The van der Waals surface area contributed by atoms with Crippen molar-refractivity contribution in [3.63, 3.8) is 0 Å². The van der Waals surface area contributed by atoms with Crippen LogP contribution < -0.4 is 4.90 Å². The minimum Gasteiger partial charge on any atom is -0.392 e. The molecule has 0 aromatic heterocycles. The molecule has 2 aliphatic rings. The van der Waals surface area contributed by atoms with Gasteiger partial charge in [-0.05, 0) is 44.4 Å². The van der Waals surface area contributed by atoms with Crippen LogP contribution in [0.3, 0.4) is 0 Å². The lowest BCUT2D eigenvalue weighted by molar-refractivity contribution is 0.0241. The Morgan fingerprint density at radius 3 is 2.50 bits per heavy atom. The molecule has 24 heavy (non-hydrogen) atoms. The molecular formula is C19H29N3O2. The standard InChI is InChI=1S/C19H29N3O2/c1-20(2)18-8-4-3-7-17(18)19(24)21-12-9-15(10-13-21)22-11-5-6-16(23)14-22/h3-4,7-8,15-16,23H,5-6,9-14H2,1-2H3/t16-/m1/s1. The van der Waals surface area contributed by atoms with Crippen molar-refractivity contribution in [3.05, 3.63) is 29.8 Å². The normalized spacial score (nSPS) is 23.3. The number of carbonyl (C=O) groups is 1. The fraction of sp³-hybridized carbons (Fsp3) is 0.632. The Balaban J connectivity index is 1.61. The average molecular weight is 331 g/mol. The van der Waals surface area contributed by atoms with E-state index in [-0.39, 0.29) is 12.0 Å². The molecule has 0 unspecified atom stereocenters. The van der Waals surface area contributed by atoms with Crippen LogP contribution in [0.15, 0.2) is 24.3 Å². The number of piperidine rings is 2. The van der Waals surface area contributed by atoms with Crippen LogP contribution in [-0.4, -0.2) is 73.2 Å². The van der Waals surface area contributed by atoms with E-state index in [1.165, 1.54) is 0 Å². The van der Waals surface area contributed by atoms with E-state index < -0.39 is 0 Å². The Morgan fingerprint density at radius 1 is 1.12 bits per heavy atom. The molecule has 1 atom stereocenters. The van der Waals surface area contributed by atoms with E-state index in [9.17, 15) is 9.90 Å². The fourth-order valence-corrected chi connectivity index (χ4v) is 3.96. The molecule has 0 aliphatic carbocycles. The molecule has 3 rings (SSSR count). The summed E-state index contributed by atoms with van der Waals surface area (Å²) in [4.78, 5) is 19.3. The Kier molecular flexibility index (Phi) is 5.41. The number of aliphatic hydroxyl groups is 1. The lowest BCUT2D eigenvalue weighted by atomic mass is 9.98. The Morgan fingerprint density at radius 2 is 1.83 bits per heavy atom. The summed E-state index contributed by atoms with van der Waals surface area (Å²) in [6.07, 6.45) is 3.84. The summed E-state index contributed by atoms with van der Waals surface area (Å²) in [5.74, 6) is 0.136. The van der Waals surface area contributed by atoms with E-state index in [1.807, 2.05) is 48.2 Å². The first-order valence-electron chi connectivity index (χ1n) is 9.04. The molecular weight excluding hydrogens is 302 g/mol. The van der Waals surface area contributed by atoms with Crippen LogP contribution in [0.5, 0.6) is 0 Å². The quantitative estimate of drug-likeness (QED) is 0.918. The molecule has 1 amide bonds. The molecule has 0 radical (unpaired) electrons. The van der Waals surface area contributed by atoms with Crippen molar-refractivity contribution in [1.82, 2.24) is 9.80 Å². The van der Waals surface area contributed by atoms with E-state index >= 15 is 0 Å². The highest BCUT2D eigenvalue weighted by Crippen LogP contribution is 2.25. The highest BCUT2D eigenvalue weighted by Gasteiger charge is 2.30. The zero-order chi connectivity index (χ0) is 17.1. The van der Waals surface area contributed by atoms with Gasteiger partial charge in [0.05, 0.1) is 11.7 Å². The van der Waals surface area contributed by atoms with Crippen LogP contribution in [0.4, 0.5) is 5.69 Å². The molecule has 0 spiro atoms. The second-order valence-corrected chi connectivity index (χ2v) is 7.23. The number of likely N-dealkylation sites (tertiary alicyclic amines) is 2. The predicted octanol–water partition coefficient (Wildman–Crippen LogP) is 1.81. The summed E-state index contributed by atoms with van der Waals surface area (Å²) < 4.78 is 0. The lowest BCUT2D eigenvalue weighted by Gasteiger charge is -2.41. The number of hydrogen-bond donors (Lipinski definition) is 1. The van der Waals surface area contributed by atoms with Gasteiger partial charge in [-0.25, -0.2) is 0 Å². The van der Waals surface area contributed by atoms with Crippen molar-refractivity contribution in [2.75, 3.05) is 45.2 Å². The summed E-state index contributed by atoms with van der Waals surface area (Å²) in [5, 5.41) is 9.87. The SMILES string of the molecule is CN(C)c1ccccc1C(=O)N1CCC(N2CCC[C@@H](O)C2)CC1. The first-order valence-corrected chi connectivity index (χ1v) is 9.04. The van der Waals surface area contributed by atoms with Crippen molar-refractivity contribution in [2.24, 2.45) is 0 Å². The molecule has 1 N–H and O–H groups in total. The number of rotatable bonds is 3. The first-order chi connectivity index (χ1) is 11.6. The summed E-state index contributed by atoms with van der Waals surface area (Å²) >= 11 is 0. The molecule has 2 aliphatic heterocycles. The maximum absolute atomic E-state index is 12.9. The number of nitrogens with zero attached hydrogens (tertiary/aromatic N) is 3. The zero-order valence-electron chi connectivity index (χ0n) is 14.8. The third-order valence-electron chi connectivity index (χ3n) is 5.31. The summed E-state index contributed by atoms with van der Waals surface area (Å²) in [6, 6.07) is 8.33. The van der Waals surface area contributed by atoms with E-state index in [0.717, 1.165) is 63.1 Å². The Hall–Kier alpha value is -1.59. The largest absolute Gasteiger partial charge is 0.392 e. The van der Waals surface area contributed by atoms with Gasteiger partial charge in [0.15, 0.2) is 0 Å². The van der Waals surface area contributed by atoms with Crippen LogP contribution >= 0.6 is 0 Å². The van der Waals surface area contributed by atoms with Gasteiger partial charge in [0.1, 0.15) is 0 Å². The van der Waals surface area contributed by atoms with Crippen molar-refractivity contribution in [3.8, 4) is 0 Å². The number of aliphatic hydroxyl groups excluding tert-OH is 1. The minimum absolute atomic E-state index is 0.136. The molecule has 2 fully saturated rings. The van der Waals surface area contributed by atoms with E-state index in [4.69, 9.17) is 0 Å². The van der Waals surface area contributed by atoms with Gasteiger partial charge in [0, 0.05) is 45.5 Å². The number of anilines is 1. The average Bonchev–Trinajstić information content (AvgIpc) is 2.61. The van der Waals surface area contributed by atoms with Crippen molar-refractivity contribution in [2.45, 2.75) is 37.8 Å². The number of carbonyl (C=O) groups excluding carboxylic acids is 1. The summed E-state index contributed by atoms with van der Waals surface area (Å²) in [7, 11) is 3.94. The van der Waals surface area contributed by atoms with E-state index in [1.54, 1.807) is 0 Å². The van der Waals surface area contributed by atoms with Gasteiger partial charge >= 0.3 is 0 Å². The van der Waals surface area contributed by atoms with Gasteiger partial charge in [-0.2, -0.15) is 0 Å². The Bertz CT molecular complexity index is 567. The molecule has 5 heteroatoms. The number of para-hydroxylation sites is 1. The summed E-state index contributed by atoms with van der Waals surface area (Å²) in [5.41, 5.74) is 1.76. The maximum Gasteiger partial charge on any atom is 0.255 e. The van der Waals surface area contributed by atoms with Gasteiger partial charge < -0.3 is 14.9 Å². The zero-order valence-corrected chi connectivity index (χ0v) is 14.8. The van der Waals surface area contributed by atoms with Gasteiger partial charge in [0.25, 0.3) is 5.91 Å². The fourth-order valence-electron chi connectivity index (χ4n) is 3.96. The maximum atomic E-state index is 12.9. The molecule has 0 bridgehead atoms. The van der Waals surface area contributed by atoms with Gasteiger partial charge in [0.2, 0.25) is 0 Å². The van der Waals surface area contributed by atoms with Crippen LogP contribution in [0.1, 0.15) is 36.0 Å². The second kappa shape index (κ2) is 7.53. The van der Waals surface area contributed by atoms with Crippen LogP contribution in [0.25, 0.3) is 0 Å². The third kappa shape index (κ3) is 3.73. The smallest absolute Gasteiger partial charge is 0.255 e. The number of amides is 1. The van der Waals surface area contributed by atoms with Crippen LogP contribution in [0, 0.1) is 0 Å². The van der Waals surface area contributed by atoms with Gasteiger partial charge in [-0.3, -0.25) is 9.69 Å². The molecule has 0 saturated carbocycles. The Labute approximate surface area is 144 Å². The molecule has 5 nitrogen and oxygen atoms in total. The monoisotopic (exact) mass is 331 g/mol. The first kappa shape index (κ1) is 17.2. The van der Waals surface area contributed by atoms with Crippen LogP contribution in [-0.2, 0) is 0 Å². The number of β-amino-alcohol motifs (C(OH)–C–C–N with tert-alkyl or cyclic N) is 1. The molecule has 132 valence electrons. The highest BCUT2D eigenvalue weighted by molar-refractivity contribution is 5.99. The molecule has 2 saturated heterocycles. The molecule has 1 aromatic carbocycles. The van der Waals surface area contributed by atoms with Crippen molar-refractivity contribution in [1.29, 1.82) is 0 Å². The van der Waals surface area contributed by atoms with E-state index in [0.29, 0.717) is 6.04 Å². The number of hydrogen-bond acceptors (Lipinski definition) is 4. The van der Waals surface area contributed by atoms with Gasteiger partial charge in [-0.15, -0.1) is 0 Å². The van der Waals surface area contributed by atoms with Crippen LogP contribution in [0.2, 0.25) is 0 Å². The predicted molar refractivity (Wildman–Crippen MR) is 96.5 cm³/mol. The van der Waals surface area contributed by atoms with Crippen molar-refractivity contribution < 1.29 is 9.90 Å². The number of benzene rings is 1. The van der Waals surface area contributed by atoms with E-state index in [2.05, 4.69) is 4.90 Å². The minimum atomic E-state index is -0.176. The molecule has 1 aromatic rings. The highest BCUT2D eigenvalue weighted by atomic mass is 16.3. The lowest BCUT2D eigenvalue weighted by Crippen LogP contribution is -2.50. The van der Waals surface area contributed by atoms with Crippen molar-refractivity contribution >= 4 is 11.6 Å². The van der Waals surface area contributed by atoms with Gasteiger partial charge in [-0.1, -0.05) is 12.1 Å². The topological polar surface area (TPSA) is 47.0 Å².